The molecule has 0 aliphatic heterocycles. The summed E-state index contributed by atoms with van der Waals surface area (Å²) < 4.78 is 5.50. The molecule has 0 aliphatic carbocycles. The van der Waals surface area contributed by atoms with E-state index in [4.69, 9.17) is 9.84 Å². The monoisotopic (exact) mass is 242 g/mol. The van der Waals surface area contributed by atoms with E-state index in [0.29, 0.717) is 12.4 Å². The Morgan fingerprint density at radius 3 is 2.81 bits per heavy atom. The van der Waals surface area contributed by atoms with Crippen molar-refractivity contribution in [3.8, 4) is 5.75 Å². The number of thioether (sulfide) groups is 1. The minimum absolute atomic E-state index is 0.180. The molecule has 16 heavy (non-hydrogen) atoms. The third-order valence-corrected chi connectivity index (χ3v) is 3.19. The van der Waals surface area contributed by atoms with Crippen molar-refractivity contribution in [3.05, 3.63) is 29.8 Å². The maximum atomic E-state index is 9.21. The van der Waals surface area contributed by atoms with Gasteiger partial charge in [0.25, 0.3) is 0 Å². The van der Waals surface area contributed by atoms with Gasteiger partial charge in [0.05, 0.1) is 19.3 Å². The smallest absolute Gasteiger partial charge is 0.123 e. The average molecular weight is 242 g/mol. The van der Waals surface area contributed by atoms with Crippen LogP contribution < -0.4 is 4.74 Å². The first-order valence-corrected chi connectivity index (χ1v) is 6.50. The Bertz CT molecular complexity index is 304. The van der Waals surface area contributed by atoms with Crippen LogP contribution in [0.25, 0.3) is 0 Å². The van der Waals surface area contributed by atoms with Gasteiger partial charge in [-0.1, -0.05) is 18.2 Å². The lowest BCUT2D eigenvalue weighted by Crippen LogP contribution is -2.14. The van der Waals surface area contributed by atoms with E-state index in [1.165, 1.54) is 0 Å². The van der Waals surface area contributed by atoms with Crippen molar-refractivity contribution < 1.29 is 14.9 Å². The normalized spacial score (nSPS) is 12.4. The summed E-state index contributed by atoms with van der Waals surface area (Å²) in [4.78, 5) is 0. The lowest BCUT2D eigenvalue weighted by atomic mass is 10.2. The molecule has 0 amide bonds. The highest BCUT2D eigenvalue weighted by molar-refractivity contribution is 7.98. The fourth-order valence-corrected chi connectivity index (χ4v) is 2.23. The topological polar surface area (TPSA) is 49.7 Å². The van der Waals surface area contributed by atoms with Gasteiger partial charge in [0.1, 0.15) is 5.75 Å². The van der Waals surface area contributed by atoms with Gasteiger partial charge in [-0.05, 0) is 13.0 Å². The Morgan fingerprint density at radius 2 is 2.12 bits per heavy atom. The van der Waals surface area contributed by atoms with Crippen molar-refractivity contribution in [3.63, 3.8) is 0 Å². The van der Waals surface area contributed by atoms with Crippen LogP contribution in [0, 0.1) is 0 Å². The molecule has 0 bridgehead atoms. The van der Waals surface area contributed by atoms with Gasteiger partial charge in [-0.15, -0.1) is 0 Å². The molecule has 0 radical (unpaired) electrons. The Morgan fingerprint density at radius 1 is 1.38 bits per heavy atom. The van der Waals surface area contributed by atoms with E-state index in [1.807, 2.05) is 31.2 Å². The number of rotatable bonds is 7. The Balaban J connectivity index is 2.46. The molecule has 0 heterocycles. The molecule has 1 atom stereocenters. The van der Waals surface area contributed by atoms with E-state index in [1.54, 1.807) is 11.8 Å². The number of hydrogen-bond donors (Lipinski definition) is 2. The minimum Gasteiger partial charge on any atom is -0.494 e. The van der Waals surface area contributed by atoms with Gasteiger partial charge in [-0.25, -0.2) is 0 Å². The maximum Gasteiger partial charge on any atom is 0.123 e. The third kappa shape index (κ3) is 4.43. The van der Waals surface area contributed by atoms with Gasteiger partial charge in [0.15, 0.2) is 0 Å². The lowest BCUT2D eigenvalue weighted by Gasteiger charge is -2.10. The SMILES string of the molecule is CCOc1ccccc1CSCC(O)CO. The fraction of sp³-hybridized carbons (Fsp3) is 0.500. The molecule has 1 unspecified atom stereocenters. The molecule has 0 spiro atoms. The lowest BCUT2D eigenvalue weighted by molar-refractivity contribution is 0.113. The predicted octanol–water partition coefficient (Wildman–Crippen LogP) is 1.67. The molecule has 0 fully saturated rings. The molecule has 0 aromatic heterocycles. The van der Waals surface area contributed by atoms with Crippen LogP contribution in [0.3, 0.4) is 0 Å². The molecule has 0 saturated heterocycles. The molecule has 3 nitrogen and oxygen atoms in total. The summed E-state index contributed by atoms with van der Waals surface area (Å²) in [5.41, 5.74) is 1.12. The number of para-hydroxylation sites is 1. The highest BCUT2D eigenvalue weighted by atomic mass is 32.2. The second-order valence-corrected chi connectivity index (χ2v) is 4.42. The molecule has 1 aromatic rings. The van der Waals surface area contributed by atoms with Crippen LogP contribution in [0.15, 0.2) is 24.3 Å². The second kappa shape index (κ2) is 7.54. The molecule has 0 aliphatic rings. The molecule has 4 heteroatoms. The first-order chi connectivity index (χ1) is 7.77. The summed E-state index contributed by atoms with van der Waals surface area (Å²) in [6.07, 6.45) is -0.635. The van der Waals surface area contributed by atoms with Gasteiger partial charge < -0.3 is 14.9 Å². The van der Waals surface area contributed by atoms with E-state index in [9.17, 15) is 5.11 Å². The van der Waals surface area contributed by atoms with Gasteiger partial charge in [-0.2, -0.15) is 11.8 Å². The number of benzene rings is 1. The Kier molecular flexibility index (Phi) is 6.30. The van der Waals surface area contributed by atoms with Crippen LogP contribution in [0.4, 0.5) is 0 Å². The zero-order chi connectivity index (χ0) is 11.8. The second-order valence-electron chi connectivity index (χ2n) is 3.39. The van der Waals surface area contributed by atoms with Crippen LogP contribution in [-0.4, -0.2) is 35.3 Å². The number of aliphatic hydroxyl groups is 2. The van der Waals surface area contributed by atoms with Crippen molar-refractivity contribution in [1.29, 1.82) is 0 Å². The fourth-order valence-electron chi connectivity index (χ4n) is 1.28. The van der Waals surface area contributed by atoms with Crippen molar-refractivity contribution in [2.24, 2.45) is 0 Å². The van der Waals surface area contributed by atoms with Gasteiger partial charge in [0, 0.05) is 17.1 Å². The number of ether oxygens (including phenoxy) is 1. The Hall–Kier alpha value is -0.710. The zero-order valence-electron chi connectivity index (χ0n) is 9.43. The van der Waals surface area contributed by atoms with Crippen LogP contribution in [-0.2, 0) is 5.75 Å². The summed E-state index contributed by atoms with van der Waals surface area (Å²) in [7, 11) is 0. The molecule has 0 saturated carbocycles. The highest BCUT2D eigenvalue weighted by Gasteiger charge is 2.05. The van der Waals surface area contributed by atoms with E-state index >= 15 is 0 Å². The predicted molar refractivity (Wildman–Crippen MR) is 66.9 cm³/mol. The van der Waals surface area contributed by atoms with E-state index in [2.05, 4.69) is 0 Å². The minimum atomic E-state index is -0.635. The Labute approximate surface area is 100 Å². The molecule has 1 rings (SSSR count). The largest absolute Gasteiger partial charge is 0.494 e. The summed E-state index contributed by atoms with van der Waals surface area (Å²) in [6, 6.07) is 7.88. The molecule has 1 aromatic carbocycles. The number of hydrogen-bond acceptors (Lipinski definition) is 4. The van der Waals surface area contributed by atoms with Crippen molar-refractivity contribution >= 4 is 11.8 Å². The van der Waals surface area contributed by atoms with Crippen LogP contribution >= 0.6 is 11.8 Å². The van der Waals surface area contributed by atoms with Gasteiger partial charge in [0.2, 0.25) is 0 Å². The first kappa shape index (κ1) is 13.4. The van der Waals surface area contributed by atoms with Crippen LogP contribution in [0.2, 0.25) is 0 Å². The van der Waals surface area contributed by atoms with Gasteiger partial charge in [-0.3, -0.25) is 0 Å². The number of aliphatic hydroxyl groups excluding tert-OH is 2. The van der Waals surface area contributed by atoms with E-state index in [0.717, 1.165) is 17.1 Å². The molecule has 2 N–H and O–H groups in total. The third-order valence-electron chi connectivity index (χ3n) is 2.05. The first-order valence-electron chi connectivity index (χ1n) is 5.35. The van der Waals surface area contributed by atoms with Crippen LogP contribution in [0.1, 0.15) is 12.5 Å². The standard InChI is InChI=1S/C12H18O3S/c1-2-15-12-6-4-3-5-10(12)8-16-9-11(14)7-13/h3-6,11,13-14H,2,7-9H2,1H3. The molecule has 90 valence electrons. The van der Waals surface area contributed by atoms with Crippen molar-refractivity contribution in [1.82, 2.24) is 0 Å². The quantitative estimate of drug-likeness (QED) is 0.763. The van der Waals surface area contributed by atoms with E-state index < -0.39 is 6.10 Å². The molecular formula is C12H18O3S. The molecular weight excluding hydrogens is 224 g/mol. The van der Waals surface area contributed by atoms with Crippen LogP contribution in [0.5, 0.6) is 5.75 Å². The summed E-state index contributed by atoms with van der Waals surface area (Å²) in [5, 5.41) is 17.9. The highest BCUT2D eigenvalue weighted by Crippen LogP contribution is 2.23. The van der Waals surface area contributed by atoms with Crippen molar-refractivity contribution in [2.75, 3.05) is 19.0 Å². The maximum absolute atomic E-state index is 9.21. The summed E-state index contributed by atoms with van der Waals surface area (Å²) in [6.45, 7) is 2.43. The van der Waals surface area contributed by atoms with Gasteiger partial charge >= 0.3 is 0 Å². The average Bonchev–Trinajstić information content (AvgIpc) is 2.31. The zero-order valence-corrected chi connectivity index (χ0v) is 10.2. The summed E-state index contributed by atoms with van der Waals surface area (Å²) in [5.74, 6) is 2.22. The van der Waals surface area contributed by atoms with Crippen molar-refractivity contribution in [2.45, 2.75) is 18.8 Å². The summed E-state index contributed by atoms with van der Waals surface area (Å²) >= 11 is 1.59. The van der Waals surface area contributed by atoms with E-state index in [-0.39, 0.29) is 6.61 Å².